The van der Waals surface area contributed by atoms with Crippen molar-refractivity contribution >= 4 is 39.2 Å². The number of amides is 1. The van der Waals surface area contributed by atoms with E-state index in [1.165, 1.54) is 22.2 Å². The summed E-state index contributed by atoms with van der Waals surface area (Å²) in [5, 5.41) is 3.98. The maximum atomic E-state index is 13.2. The Hall–Kier alpha value is -1.38. The molecule has 0 aliphatic heterocycles. The van der Waals surface area contributed by atoms with E-state index >= 15 is 0 Å². The Morgan fingerprint density at radius 2 is 2.15 bits per heavy atom. The van der Waals surface area contributed by atoms with Crippen molar-refractivity contribution in [2.45, 2.75) is 69.4 Å². The highest BCUT2D eigenvalue weighted by atomic mass is 32.2. The number of thioether (sulfide) groups is 1. The monoisotopic (exact) mass is 409 g/mol. The number of methoxy groups -OCH3 is 1. The van der Waals surface area contributed by atoms with Gasteiger partial charge >= 0.3 is 0 Å². The maximum Gasteiger partial charge on any atom is 0.263 e. The van der Waals surface area contributed by atoms with Gasteiger partial charge in [0.2, 0.25) is 5.91 Å². The molecular formula is C19H27N3O3S2. The average molecular weight is 410 g/mol. The number of ether oxygens (including phenoxy) is 1. The highest BCUT2D eigenvalue weighted by Gasteiger charge is 2.26. The van der Waals surface area contributed by atoms with Gasteiger partial charge in [-0.25, -0.2) is 4.98 Å². The number of hydrogen-bond donors (Lipinski definition) is 1. The number of nitrogens with zero attached hydrogens (tertiary/aromatic N) is 2. The lowest BCUT2D eigenvalue weighted by Gasteiger charge is -2.23. The van der Waals surface area contributed by atoms with E-state index in [4.69, 9.17) is 9.72 Å². The van der Waals surface area contributed by atoms with Crippen LogP contribution in [0.4, 0.5) is 0 Å². The van der Waals surface area contributed by atoms with Crippen LogP contribution < -0.4 is 10.9 Å². The van der Waals surface area contributed by atoms with Gasteiger partial charge in [-0.2, -0.15) is 0 Å². The molecule has 2 heterocycles. The predicted molar refractivity (Wildman–Crippen MR) is 111 cm³/mol. The number of aromatic nitrogens is 2. The molecule has 0 saturated carbocycles. The van der Waals surface area contributed by atoms with Crippen LogP contribution in [0.15, 0.2) is 9.95 Å². The third kappa shape index (κ3) is 4.38. The minimum atomic E-state index is -0.353. The molecule has 6 nitrogen and oxygen atoms in total. The molecule has 1 atom stereocenters. The lowest BCUT2D eigenvalue weighted by atomic mass is 10.1. The van der Waals surface area contributed by atoms with Gasteiger partial charge in [0.1, 0.15) is 4.83 Å². The highest BCUT2D eigenvalue weighted by Crippen LogP contribution is 2.36. The molecule has 0 bridgehead atoms. The smallest absolute Gasteiger partial charge is 0.263 e. The van der Waals surface area contributed by atoms with Gasteiger partial charge in [-0.1, -0.05) is 11.8 Å². The molecule has 0 saturated heterocycles. The van der Waals surface area contributed by atoms with E-state index in [9.17, 15) is 9.59 Å². The standard InChI is InChI=1S/C19H27N3O3S2/c1-11(15(23)21-19(2,3)4)26-18-20-16-14(12-7-6-8-13(12)27-16)17(24)22(18)9-10-25-5/h11H,6-10H2,1-5H3,(H,21,23)/t11-/m0/s1. The second-order valence-electron chi connectivity index (χ2n) is 7.88. The Morgan fingerprint density at radius 3 is 2.81 bits per heavy atom. The van der Waals surface area contributed by atoms with Crippen molar-refractivity contribution in [2.75, 3.05) is 13.7 Å². The van der Waals surface area contributed by atoms with E-state index in [1.807, 2.05) is 27.7 Å². The summed E-state index contributed by atoms with van der Waals surface area (Å²) in [6, 6.07) is 0. The lowest BCUT2D eigenvalue weighted by Crippen LogP contribution is -2.44. The summed E-state index contributed by atoms with van der Waals surface area (Å²) in [5.41, 5.74) is 0.865. The summed E-state index contributed by atoms with van der Waals surface area (Å²) in [5.74, 6) is -0.0613. The lowest BCUT2D eigenvalue weighted by molar-refractivity contribution is -0.121. The molecule has 1 amide bonds. The average Bonchev–Trinajstić information content (AvgIpc) is 3.13. The molecule has 2 aromatic rings. The number of hydrogen-bond acceptors (Lipinski definition) is 6. The zero-order valence-electron chi connectivity index (χ0n) is 16.5. The van der Waals surface area contributed by atoms with Crippen molar-refractivity contribution in [3.8, 4) is 0 Å². The zero-order valence-corrected chi connectivity index (χ0v) is 18.2. The van der Waals surface area contributed by atoms with Crippen LogP contribution >= 0.6 is 23.1 Å². The summed E-state index contributed by atoms with van der Waals surface area (Å²) < 4.78 is 6.86. The molecular weight excluding hydrogens is 382 g/mol. The van der Waals surface area contributed by atoms with Gasteiger partial charge in [-0.15, -0.1) is 11.3 Å². The first kappa shape index (κ1) is 20.4. The number of nitrogens with one attached hydrogen (secondary N) is 1. The van der Waals surface area contributed by atoms with Crippen LogP contribution in [0.2, 0.25) is 0 Å². The highest BCUT2D eigenvalue weighted by molar-refractivity contribution is 8.00. The van der Waals surface area contributed by atoms with E-state index in [-0.39, 0.29) is 22.3 Å². The molecule has 0 radical (unpaired) electrons. The van der Waals surface area contributed by atoms with E-state index in [1.54, 1.807) is 23.0 Å². The summed E-state index contributed by atoms with van der Waals surface area (Å²) in [6.07, 6.45) is 3.09. The maximum absolute atomic E-state index is 13.2. The van der Waals surface area contributed by atoms with Crippen LogP contribution in [-0.4, -0.2) is 40.0 Å². The fraction of sp³-hybridized carbons (Fsp3) is 0.632. The third-order valence-electron chi connectivity index (χ3n) is 4.46. The predicted octanol–water partition coefficient (Wildman–Crippen LogP) is 2.99. The van der Waals surface area contributed by atoms with Gasteiger partial charge in [0.25, 0.3) is 5.56 Å². The van der Waals surface area contributed by atoms with Gasteiger partial charge in [-0.3, -0.25) is 14.2 Å². The topological polar surface area (TPSA) is 73.2 Å². The van der Waals surface area contributed by atoms with Gasteiger partial charge in [-0.05, 0) is 52.5 Å². The van der Waals surface area contributed by atoms with Crippen LogP contribution in [0.1, 0.15) is 44.6 Å². The first-order valence-corrected chi connectivity index (χ1v) is 10.9. The van der Waals surface area contributed by atoms with E-state index in [0.29, 0.717) is 18.3 Å². The van der Waals surface area contributed by atoms with E-state index in [0.717, 1.165) is 29.5 Å². The van der Waals surface area contributed by atoms with Crippen molar-refractivity contribution in [3.05, 3.63) is 20.8 Å². The quantitative estimate of drug-likeness (QED) is 0.586. The summed E-state index contributed by atoms with van der Waals surface area (Å²) in [7, 11) is 1.62. The van der Waals surface area contributed by atoms with Crippen molar-refractivity contribution in [2.24, 2.45) is 0 Å². The molecule has 0 aromatic carbocycles. The number of carbonyl (C=O) groups excluding carboxylic acids is 1. The van der Waals surface area contributed by atoms with E-state index in [2.05, 4.69) is 5.32 Å². The molecule has 148 valence electrons. The molecule has 1 aliphatic carbocycles. The first-order chi connectivity index (χ1) is 12.7. The largest absolute Gasteiger partial charge is 0.383 e. The minimum Gasteiger partial charge on any atom is -0.383 e. The number of thiophene rings is 1. The molecule has 0 unspecified atom stereocenters. The summed E-state index contributed by atoms with van der Waals surface area (Å²) in [4.78, 5) is 32.6. The van der Waals surface area contributed by atoms with Gasteiger partial charge < -0.3 is 10.1 Å². The van der Waals surface area contributed by atoms with Crippen LogP contribution in [0.25, 0.3) is 10.2 Å². The second-order valence-corrected chi connectivity index (χ2v) is 10.3. The Kier molecular flexibility index (Phi) is 5.98. The third-order valence-corrected chi connectivity index (χ3v) is 6.73. The number of fused-ring (bicyclic) bond motifs is 3. The number of aryl methyl sites for hydroxylation is 2. The van der Waals surface area contributed by atoms with Crippen molar-refractivity contribution in [1.29, 1.82) is 0 Å². The van der Waals surface area contributed by atoms with Gasteiger partial charge in [0, 0.05) is 17.5 Å². The van der Waals surface area contributed by atoms with Crippen LogP contribution in [0, 0.1) is 0 Å². The molecule has 1 aliphatic rings. The Bertz CT molecular complexity index is 912. The molecule has 3 rings (SSSR count). The fourth-order valence-corrected chi connectivity index (χ4v) is 5.45. The Morgan fingerprint density at radius 1 is 1.41 bits per heavy atom. The Labute approximate surface area is 167 Å². The molecule has 0 fully saturated rings. The molecule has 0 spiro atoms. The summed E-state index contributed by atoms with van der Waals surface area (Å²) in [6.45, 7) is 8.56. The van der Waals surface area contributed by atoms with Gasteiger partial charge in [0.05, 0.1) is 23.8 Å². The number of carbonyl (C=O) groups is 1. The molecule has 8 heteroatoms. The number of rotatable bonds is 6. The second kappa shape index (κ2) is 7.93. The normalized spacial score (nSPS) is 15.1. The SMILES string of the molecule is COCCn1c(S[C@@H](C)C(=O)NC(C)(C)C)nc2sc3c(c2c1=O)CCC3. The zero-order chi connectivity index (χ0) is 19.8. The Balaban J connectivity index is 1.98. The summed E-state index contributed by atoms with van der Waals surface area (Å²) >= 11 is 2.95. The van der Waals surface area contributed by atoms with E-state index < -0.39 is 0 Å². The van der Waals surface area contributed by atoms with Crippen molar-refractivity contribution < 1.29 is 9.53 Å². The van der Waals surface area contributed by atoms with Gasteiger partial charge in [0.15, 0.2) is 5.16 Å². The van der Waals surface area contributed by atoms with Crippen molar-refractivity contribution in [3.63, 3.8) is 0 Å². The van der Waals surface area contributed by atoms with Crippen molar-refractivity contribution in [1.82, 2.24) is 14.9 Å². The first-order valence-electron chi connectivity index (χ1n) is 9.24. The molecule has 27 heavy (non-hydrogen) atoms. The fourth-order valence-electron chi connectivity index (χ4n) is 3.21. The molecule has 2 aromatic heterocycles. The van der Waals surface area contributed by atoms with Crippen LogP contribution in [-0.2, 0) is 28.9 Å². The van der Waals surface area contributed by atoms with Crippen LogP contribution in [0.3, 0.4) is 0 Å². The minimum absolute atomic E-state index is 0.0117. The van der Waals surface area contributed by atoms with Crippen LogP contribution in [0.5, 0.6) is 0 Å². The molecule has 1 N–H and O–H groups in total.